The largest absolute Gasteiger partial charge is 0.356 e. The molecule has 0 radical (unpaired) electrons. The summed E-state index contributed by atoms with van der Waals surface area (Å²) in [5, 5.41) is 9.74. The van der Waals surface area contributed by atoms with Crippen molar-refractivity contribution in [2.24, 2.45) is 5.92 Å². The predicted molar refractivity (Wildman–Crippen MR) is 124 cm³/mol. The first-order valence-electron chi connectivity index (χ1n) is 10.5. The molecule has 1 aliphatic heterocycles. The number of piperidine rings is 1. The molecule has 0 spiro atoms. The van der Waals surface area contributed by atoms with Crippen LogP contribution >= 0.6 is 0 Å². The van der Waals surface area contributed by atoms with E-state index in [1.54, 1.807) is 36.5 Å². The van der Waals surface area contributed by atoms with Crippen molar-refractivity contribution in [3.8, 4) is 6.07 Å². The maximum atomic E-state index is 13.5. The van der Waals surface area contributed by atoms with E-state index in [1.807, 2.05) is 17.9 Å². The molecule has 1 unspecified atom stereocenters. The van der Waals surface area contributed by atoms with Gasteiger partial charge in [0.25, 0.3) is 5.56 Å². The number of pyridine rings is 1. The molecule has 0 bridgehead atoms. The van der Waals surface area contributed by atoms with Gasteiger partial charge in [0.2, 0.25) is 9.84 Å². The number of aryl methyl sites for hydroxylation is 1. The Labute approximate surface area is 187 Å². The highest BCUT2D eigenvalue weighted by molar-refractivity contribution is 7.95. The molecule has 0 aliphatic carbocycles. The maximum Gasteiger partial charge on any atom is 0.267 e. The van der Waals surface area contributed by atoms with Crippen LogP contribution in [0.25, 0.3) is 11.7 Å². The van der Waals surface area contributed by atoms with E-state index in [4.69, 9.17) is 4.98 Å². The maximum absolute atomic E-state index is 13.5. The van der Waals surface area contributed by atoms with Crippen LogP contribution in [0.2, 0.25) is 0 Å². The molecule has 8 heteroatoms. The molecule has 0 amide bonds. The molecule has 164 valence electrons. The summed E-state index contributed by atoms with van der Waals surface area (Å²) in [6, 6.07) is 13.2. The Bertz CT molecular complexity index is 1400. The van der Waals surface area contributed by atoms with Gasteiger partial charge in [0, 0.05) is 19.3 Å². The lowest BCUT2D eigenvalue weighted by Crippen LogP contribution is -2.37. The van der Waals surface area contributed by atoms with Gasteiger partial charge in [-0.25, -0.2) is 13.4 Å². The van der Waals surface area contributed by atoms with Gasteiger partial charge < -0.3 is 4.90 Å². The summed E-state index contributed by atoms with van der Waals surface area (Å²) < 4.78 is 27.6. The number of sulfone groups is 1. The topological polar surface area (TPSA) is 95.5 Å². The van der Waals surface area contributed by atoms with Gasteiger partial charge in [-0.2, -0.15) is 5.26 Å². The fraction of sp³-hybridized carbons (Fsp3) is 0.292. The van der Waals surface area contributed by atoms with Crippen molar-refractivity contribution in [1.29, 1.82) is 5.26 Å². The molecule has 1 aromatic carbocycles. The van der Waals surface area contributed by atoms with Crippen LogP contribution in [-0.4, -0.2) is 30.9 Å². The minimum Gasteiger partial charge on any atom is -0.356 e. The van der Waals surface area contributed by atoms with Crippen LogP contribution in [0, 0.1) is 24.2 Å². The molecular weight excluding hydrogens is 424 g/mol. The van der Waals surface area contributed by atoms with Gasteiger partial charge in [-0.3, -0.25) is 9.20 Å². The minimum absolute atomic E-state index is 0.00522. The summed E-state index contributed by atoms with van der Waals surface area (Å²) in [4.78, 5) is 19.8. The fourth-order valence-electron chi connectivity index (χ4n) is 4.08. The molecule has 2 aromatic heterocycles. The quantitative estimate of drug-likeness (QED) is 0.566. The third-order valence-electron chi connectivity index (χ3n) is 5.75. The molecule has 0 N–H and O–H groups in total. The zero-order chi connectivity index (χ0) is 22.9. The minimum atomic E-state index is -4.08. The van der Waals surface area contributed by atoms with E-state index >= 15 is 0 Å². The number of nitriles is 1. The molecule has 32 heavy (non-hydrogen) atoms. The first kappa shape index (κ1) is 21.8. The van der Waals surface area contributed by atoms with Gasteiger partial charge in [-0.1, -0.05) is 31.2 Å². The van der Waals surface area contributed by atoms with Crippen LogP contribution in [0.5, 0.6) is 0 Å². The highest BCUT2D eigenvalue weighted by Gasteiger charge is 2.26. The highest BCUT2D eigenvalue weighted by atomic mass is 32.2. The third-order valence-corrected chi connectivity index (χ3v) is 7.43. The Hall–Kier alpha value is -3.44. The van der Waals surface area contributed by atoms with Gasteiger partial charge in [-0.05, 0) is 55.5 Å². The van der Waals surface area contributed by atoms with Crippen molar-refractivity contribution in [1.82, 2.24) is 9.38 Å². The Morgan fingerprint density at radius 3 is 2.66 bits per heavy atom. The smallest absolute Gasteiger partial charge is 0.267 e. The van der Waals surface area contributed by atoms with Crippen LogP contribution in [0.15, 0.2) is 63.3 Å². The second kappa shape index (κ2) is 8.60. The Kier molecular flexibility index (Phi) is 5.85. The van der Waals surface area contributed by atoms with Crippen molar-refractivity contribution < 1.29 is 8.42 Å². The van der Waals surface area contributed by atoms with Crippen molar-refractivity contribution in [3.63, 3.8) is 0 Å². The van der Waals surface area contributed by atoms with Gasteiger partial charge >= 0.3 is 0 Å². The number of anilines is 1. The van der Waals surface area contributed by atoms with E-state index in [9.17, 15) is 18.5 Å². The number of benzene rings is 1. The molecule has 1 fully saturated rings. The second-order valence-electron chi connectivity index (χ2n) is 8.17. The lowest BCUT2D eigenvalue weighted by atomic mass is 10.00. The van der Waals surface area contributed by atoms with Gasteiger partial charge in [0.1, 0.15) is 22.4 Å². The number of aromatic nitrogens is 2. The zero-order valence-corrected chi connectivity index (χ0v) is 18.8. The average molecular weight is 449 g/mol. The van der Waals surface area contributed by atoms with Crippen LogP contribution in [0.4, 0.5) is 5.82 Å². The lowest BCUT2D eigenvalue weighted by Gasteiger charge is -2.32. The number of allylic oxidation sites excluding steroid dienone is 1. The van der Waals surface area contributed by atoms with Crippen molar-refractivity contribution >= 4 is 27.4 Å². The standard InChI is InChI=1S/C24H24N4O3S/c1-17-8-6-12-27(16-17)23-21(24(29)28-13-7-9-18(2)22(28)26-23)14-20(15-25)32(30,31)19-10-4-3-5-11-19/h3-5,7,9-11,13-14,17H,6,8,12,16H2,1-2H3/b20-14+. The predicted octanol–water partition coefficient (Wildman–Crippen LogP) is 3.58. The summed E-state index contributed by atoms with van der Waals surface area (Å²) in [5.41, 5.74) is 1.07. The second-order valence-corrected chi connectivity index (χ2v) is 10.1. The van der Waals surface area contributed by atoms with Gasteiger partial charge in [0.15, 0.2) is 0 Å². The molecule has 4 rings (SSSR count). The molecule has 1 atom stereocenters. The van der Waals surface area contributed by atoms with Crippen LogP contribution in [-0.2, 0) is 9.84 Å². The monoisotopic (exact) mass is 448 g/mol. The first-order chi connectivity index (χ1) is 15.3. The molecule has 3 aromatic rings. The molecule has 7 nitrogen and oxygen atoms in total. The van der Waals surface area contributed by atoms with Crippen LogP contribution < -0.4 is 10.5 Å². The summed E-state index contributed by atoms with van der Waals surface area (Å²) in [6.07, 6.45) is 4.82. The van der Waals surface area contributed by atoms with E-state index < -0.39 is 20.3 Å². The molecule has 3 heterocycles. The van der Waals surface area contributed by atoms with Crippen LogP contribution in [0.1, 0.15) is 30.9 Å². The number of rotatable bonds is 4. The Morgan fingerprint density at radius 1 is 1.22 bits per heavy atom. The number of nitrogens with zero attached hydrogens (tertiary/aromatic N) is 4. The number of hydrogen-bond acceptors (Lipinski definition) is 6. The zero-order valence-electron chi connectivity index (χ0n) is 18.0. The highest BCUT2D eigenvalue weighted by Crippen LogP contribution is 2.27. The van der Waals surface area contributed by atoms with Crippen molar-refractivity contribution in [2.75, 3.05) is 18.0 Å². The number of fused-ring (bicyclic) bond motifs is 1. The van der Waals surface area contributed by atoms with Crippen molar-refractivity contribution in [2.45, 2.75) is 31.6 Å². The molecular formula is C24H24N4O3S. The summed E-state index contributed by atoms with van der Waals surface area (Å²) in [7, 11) is -4.08. The fourth-order valence-corrected chi connectivity index (χ4v) is 5.24. The summed E-state index contributed by atoms with van der Waals surface area (Å²) in [6.45, 7) is 5.44. The summed E-state index contributed by atoms with van der Waals surface area (Å²) in [5.74, 6) is 0.841. The van der Waals surface area contributed by atoms with E-state index in [2.05, 4.69) is 6.92 Å². The van der Waals surface area contributed by atoms with E-state index in [1.165, 1.54) is 22.6 Å². The normalized spacial score (nSPS) is 17.3. The summed E-state index contributed by atoms with van der Waals surface area (Å²) >= 11 is 0. The molecule has 1 saturated heterocycles. The van der Waals surface area contributed by atoms with Crippen molar-refractivity contribution in [3.05, 3.63) is 75.0 Å². The van der Waals surface area contributed by atoms with E-state index in [0.29, 0.717) is 30.5 Å². The SMILES string of the molecule is Cc1cccn2c(=O)c(/C=C(\C#N)S(=O)(=O)c3ccccc3)c(N3CCCC(C)C3)nc12. The lowest BCUT2D eigenvalue weighted by molar-refractivity contribution is 0.444. The van der Waals surface area contributed by atoms with Gasteiger partial charge in [-0.15, -0.1) is 0 Å². The average Bonchev–Trinajstić information content (AvgIpc) is 2.79. The van der Waals surface area contributed by atoms with Crippen LogP contribution in [0.3, 0.4) is 0 Å². The molecule has 1 aliphatic rings. The number of hydrogen-bond donors (Lipinski definition) is 0. The van der Waals surface area contributed by atoms with E-state index in [-0.39, 0.29) is 10.5 Å². The Balaban J connectivity index is 1.98. The Morgan fingerprint density at radius 2 is 1.97 bits per heavy atom. The third kappa shape index (κ3) is 3.92. The van der Waals surface area contributed by atoms with E-state index in [0.717, 1.165) is 18.4 Å². The molecule has 0 saturated carbocycles. The first-order valence-corrected chi connectivity index (χ1v) is 12.0. The van der Waals surface area contributed by atoms with Gasteiger partial charge in [0.05, 0.1) is 10.5 Å².